The molecule has 1 aromatic carbocycles. The van der Waals surface area contributed by atoms with Gasteiger partial charge >= 0.3 is 0 Å². The number of allylic oxidation sites excluding steroid dienone is 4. The van der Waals surface area contributed by atoms with Gasteiger partial charge in [0.2, 0.25) is 0 Å². The number of fused-ring (bicyclic) bond motifs is 8. The van der Waals surface area contributed by atoms with E-state index in [2.05, 4.69) is 19.9 Å². The first-order valence-electron chi connectivity index (χ1n) is 15.7. The molecule has 0 bridgehead atoms. The van der Waals surface area contributed by atoms with Gasteiger partial charge in [-0.1, -0.05) is 62.2 Å². The van der Waals surface area contributed by atoms with Crippen molar-refractivity contribution in [3.63, 3.8) is 0 Å². The Kier molecular flexibility index (Phi) is 6.48. The number of ether oxygens (including phenoxy) is 2. The van der Waals surface area contributed by atoms with E-state index in [4.69, 9.17) is 14.5 Å². The maximum atomic E-state index is 14.7. The minimum Gasteiger partial charge on any atom is -0.393 e. The van der Waals surface area contributed by atoms with Gasteiger partial charge in [0.05, 0.1) is 28.2 Å². The minimum absolute atomic E-state index is 0.00801. The van der Waals surface area contributed by atoms with Gasteiger partial charge < -0.3 is 14.6 Å². The number of rotatable bonds is 5. The molecule has 4 saturated carbocycles. The van der Waals surface area contributed by atoms with Crippen LogP contribution in [0.3, 0.4) is 0 Å². The summed E-state index contributed by atoms with van der Waals surface area (Å²) in [7, 11) is 0. The van der Waals surface area contributed by atoms with Gasteiger partial charge in [-0.2, -0.15) is 0 Å². The SMILES string of the molecule is CC12C=CC(=O)C=C1CCC1C2[C@@H](O)CC2(C)C1C[C@H]1OC(C3CCCC3)O[C@]12C(=O)CSc1nc2ccccc2s1. The first-order valence-corrected chi connectivity index (χ1v) is 17.5. The van der Waals surface area contributed by atoms with Gasteiger partial charge in [-0.3, -0.25) is 9.59 Å². The van der Waals surface area contributed by atoms with E-state index < -0.39 is 17.1 Å². The maximum Gasteiger partial charge on any atom is 0.178 e. The summed E-state index contributed by atoms with van der Waals surface area (Å²) < 4.78 is 15.8. The lowest BCUT2D eigenvalue weighted by Gasteiger charge is -2.59. The number of aromatic nitrogens is 1. The molecule has 0 spiro atoms. The van der Waals surface area contributed by atoms with Crippen molar-refractivity contribution in [3.8, 4) is 0 Å². The summed E-state index contributed by atoms with van der Waals surface area (Å²) in [6.07, 6.45) is 11.8. The summed E-state index contributed by atoms with van der Waals surface area (Å²) in [5, 5.41) is 12.0. The number of aliphatic hydroxyl groups excluding tert-OH is 1. The van der Waals surface area contributed by atoms with E-state index in [1.54, 1.807) is 23.5 Å². The molecule has 42 heavy (non-hydrogen) atoms. The van der Waals surface area contributed by atoms with Gasteiger partial charge in [0.15, 0.2) is 27.8 Å². The first kappa shape index (κ1) is 27.7. The number of para-hydroxylation sites is 1. The Bertz CT molecular complexity index is 1480. The third-order valence-electron chi connectivity index (χ3n) is 12.1. The predicted octanol–water partition coefficient (Wildman–Crippen LogP) is 6.52. The van der Waals surface area contributed by atoms with E-state index in [0.29, 0.717) is 12.3 Å². The monoisotopic (exact) mass is 605 g/mol. The van der Waals surface area contributed by atoms with E-state index in [-0.39, 0.29) is 52.9 Å². The summed E-state index contributed by atoms with van der Waals surface area (Å²) in [5.74, 6) is 1.16. The van der Waals surface area contributed by atoms with Crippen molar-refractivity contribution in [1.29, 1.82) is 0 Å². The molecule has 9 atom stereocenters. The molecule has 0 amide bonds. The Morgan fingerprint density at radius 3 is 2.81 bits per heavy atom. The Hall–Kier alpha value is -1.84. The van der Waals surface area contributed by atoms with Crippen LogP contribution in [0.1, 0.15) is 65.2 Å². The van der Waals surface area contributed by atoms with Gasteiger partial charge in [-0.25, -0.2) is 4.98 Å². The number of thiazole rings is 1. The third-order valence-corrected chi connectivity index (χ3v) is 14.2. The molecule has 0 radical (unpaired) electrons. The zero-order valence-electron chi connectivity index (χ0n) is 24.3. The van der Waals surface area contributed by atoms with Gasteiger partial charge in [0, 0.05) is 22.7 Å². The molecule has 6 nitrogen and oxygen atoms in total. The fourth-order valence-electron chi connectivity index (χ4n) is 10.2. The van der Waals surface area contributed by atoms with E-state index in [1.165, 1.54) is 24.6 Å². The lowest BCUT2D eigenvalue weighted by atomic mass is 9.46. The number of nitrogens with zero attached hydrogens (tertiary/aromatic N) is 1. The van der Waals surface area contributed by atoms with Crippen LogP contribution in [-0.4, -0.2) is 51.5 Å². The fraction of sp³-hybridized carbons (Fsp3) is 0.618. The molecule has 1 saturated heterocycles. The molecule has 5 fully saturated rings. The average Bonchev–Trinajstić information content (AvgIpc) is 3.75. The topological polar surface area (TPSA) is 85.7 Å². The third kappa shape index (κ3) is 3.84. The average molecular weight is 606 g/mol. The van der Waals surface area contributed by atoms with Crippen LogP contribution in [0.5, 0.6) is 0 Å². The molecule has 8 heteroatoms. The number of Topliss-reactive ketones (excluding diaryl/α,β-unsaturated/α-hetero) is 1. The fourth-order valence-corrected chi connectivity index (χ4v) is 12.2. The summed E-state index contributed by atoms with van der Waals surface area (Å²) in [5.41, 5.74) is 0.146. The predicted molar refractivity (Wildman–Crippen MR) is 163 cm³/mol. The highest BCUT2D eigenvalue weighted by Crippen LogP contribution is 2.70. The second-order valence-corrected chi connectivity index (χ2v) is 16.3. The molecule has 8 rings (SSSR count). The highest BCUT2D eigenvalue weighted by molar-refractivity contribution is 8.01. The molecular weight excluding hydrogens is 567 g/mol. The summed E-state index contributed by atoms with van der Waals surface area (Å²) >= 11 is 3.13. The minimum atomic E-state index is -1.07. The number of carbonyl (C=O) groups is 2. The van der Waals surface area contributed by atoms with Crippen LogP contribution in [0.4, 0.5) is 0 Å². The molecule has 5 aliphatic carbocycles. The van der Waals surface area contributed by atoms with E-state index >= 15 is 0 Å². The second-order valence-electron chi connectivity index (χ2n) is 14.0. The number of carbonyl (C=O) groups excluding carboxylic acids is 2. The van der Waals surface area contributed by atoms with Crippen LogP contribution >= 0.6 is 23.1 Å². The van der Waals surface area contributed by atoms with Crippen molar-refractivity contribution in [2.45, 2.75) is 93.7 Å². The molecular formula is C34H39NO5S2. The molecule has 1 N–H and O–H groups in total. The molecule has 1 aromatic heterocycles. The van der Waals surface area contributed by atoms with Gasteiger partial charge in [0.25, 0.3) is 0 Å². The highest BCUT2D eigenvalue weighted by atomic mass is 32.2. The van der Waals surface area contributed by atoms with E-state index in [1.807, 2.05) is 24.3 Å². The van der Waals surface area contributed by atoms with Crippen molar-refractivity contribution in [2.24, 2.45) is 34.5 Å². The molecule has 6 unspecified atom stereocenters. The first-order chi connectivity index (χ1) is 20.2. The number of benzene rings is 1. The van der Waals surface area contributed by atoms with Crippen LogP contribution in [0, 0.1) is 34.5 Å². The smallest absolute Gasteiger partial charge is 0.178 e. The molecule has 1 aliphatic heterocycles. The molecule has 222 valence electrons. The van der Waals surface area contributed by atoms with Crippen LogP contribution in [0.25, 0.3) is 10.2 Å². The highest BCUT2D eigenvalue weighted by Gasteiger charge is 2.76. The maximum absolute atomic E-state index is 14.7. The number of ketones is 2. The van der Waals surface area contributed by atoms with Crippen molar-refractivity contribution in [3.05, 3.63) is 48.1 Å². The summed E-state index contributed by atoms with van der Waals surface area (Å²) in [6, 6.07) is 8.09. The standard InChI is InChI=1S/C34H39NO5S2/c1-32-14-13-21(36)15-20(32)11-12-22-23-16-28-34(33(23,2)17-25(37)29(22)32,40-30(39-28)19-7-3-4-8-19)27(38)18-41-31-35-24-9-5-6-10-26(24)42-31/h5-6,9-10,13-15,19,22-23,25,28-30,37H,3-4,7-8,11-12,16-18H2,1-2H3/t22?,23?,25-,28+,29?,30?,32?,33?,34+/m0/s1. The number of aliphatic hydroxyl groups is 1. The molecule has 6 aliphatic rings. The van der Waals surface area contributed by atoms with Gasteiger partial charge in [-0.15, -0.1) is 11.3 Å². The Labute approximate surface area is 255 Å². The van der Waals surface area contributed by atoms with Crippen molar-refractivity contribution >= 4 is 44.9 Å². The zero-order valence-corrected chi connectivity index (χ0v) is 25.9. The lowest BCUT2D eigenvalue weighted by Crippen LogP contribution is -2.63. The van der Waals surface area contributed by atoms with Crippen LogP contribution in [0.15, 0.2) is 52.4 Å². The Balaban J connectivity index is 1.14. The largest absolute Gasteiger partial charge is 0.393 e. The van der Waals surface area contributed by atoms with Crippen LogP contribution in [0.2, 0.25) is 0 Å². The second kappa shape index (κ2) is 9.83. The van der Waals surface area contributed by atoms with Crippen LogP contribution in [-0.2, 0) is 19.1 Å². The van der Waals surface area contributed by atoms with E-state index in [0.717, 1.165) is 52.2 Å². The van der Waals surface area contributed by atoms with Crippen molar-refractivity contribution in [2.75, 3.05) is 5.75 Å². The quantitative estimate of drug-likeness (QED) is 0.389. The van der Waals surface area contributed by atoms with Crippen molar-refractivity contribution in [1.82, 2.24) is 4.98 Å². The van der Waals surface area contributed by atoms with E-state index in [9.17, 15) is 14.7 Å². The Morgan fingerprint density at radius 1 is 1.19 bits per heavy atom. The molecule has 2 heterocycles. The Morgan fingerprint density at radius 2 is 2.00 bits per heavy atom. The summed E-state index contributed by atoms with van der Waals surface area (Å²) in [4.78, 5) is 31.7. The van der Waals surface area contributed by atoms with Crippen LogP contribution < -0.4 is 0 Å². The number of hydrogen-bond acceptors (Lipinski definition) is 8. The number of hydrogen-bond donors (Lipinski definition) is 1. The summed E-state index contributed by atoms with van der Waals surface area (Å²) in [6.45, 7) is 4.41. The lowest BCUT2D eigenvalue weighted by molar-refractivity contribution is -0.205. The normalized spacial score (nSPS) is 42.7. The molecule has 2 aromatic rings. The van der Waals surface area contributed by atoms with Gasteiger partial charge in [-0.05, 0) is 74.6 Å². The van der Waals surface area contributed by atoms with Crippen molar-refractivity contribution < 1.29 is 24.2 Å². The number of thioether (sulfide) groups is 1. The zero-order chi connectivity index (χ0) is 28.9. The van der Waals surface area contributed by atoms with Gasteiger partial charge in [0.1, 0.15) is 0 Å².